The van der Waals surface area contributed by atoms with Gasteiger partial charge in [-0.15, -0.1) is 0 Å². The average molecular weight is 269 g/mol. The van der Waals surface area contributed by atoms with Gasteiger partial charge in [0.1, 0.15) is 0 Å². The van der Waals surface area contributed by atoms with Gasteiger partial charge in [-0.05, 0) is 24.2 Å². The van der Waals surface area contributed by atoms with E-state index in [1.807, 2.05) is 0 Å². The molecule has 0 aliphatic heterocycles. The maximum Gasteiger partial charge on any atom is -0.0386 e. The highest BCUT2D eigenvalue weighted by molar-refractivity contribution is 4.71. The van der Waals surface area contributed by atoms with Crippen LogP contribution in [0.3, 0.4) is 0 Å². The first-order valence-electron chi connectivity index (χ1n) is 9.19. The van der Waals surface area contributed by atoms with Crippen LogP contribution in [0.5, 0.6) is 0 Å². The van der Waals surface area contributed by atoms with E-state index in [2.05, 4.69) is 34.6 Å². The standard InChI is InChI=1S/C19H40/c1-6-10-13-17(5)15-16-19(14-11-7-2)18(9-4)12-8-3/h17-19H,6-16H2,1-5H3. The third kappa shape index (κ3) is 9.52. The van der Waals surface area contributed by atoms with E-state index in [4.69, 9.17) is 0 Å². The Labute approximate surface area is 123 Å². The van der Waals surface area contributed by atoms with E-state index in [-0.39, 0.29) is 0 Å². The first-order valence-corrected chi connectivity index (χ1v) is 9.19. The Hall–Kier alpha value is 0. The van der Waals surface area contributed by atoms with Gasteiger partial charge in [-0.3, -0.25) is 0 Å². The van der Waals surface area contributed by atoms with Crippen molar-refractivity contribution in [1.82, 2.24) is 0 Å². The van der Waals surface area contributed by atoms with Crippen LogP contribution in [0.4, 0.5) is 0 Å². The molecule has 0 spiro atoms. The first-order chi connectivity index (χ1) is 9.19. The molecule has 19 heavy (non-hydrogen) atoms. The second kappa shape index (κ2) is 13.0. The molecule has 3 atom stereocenters. The Bertz CT molecular complexity index is 173. The fourth-order valence-electron chi connectivity index (χ4n) is 3.42. The third-order valence-corrected chi connectivity index (χ3v) is 4.86. The van der Waals surface area contributed by atoms with Crippen molar-refractivity contribution in [2.75, 3.05) is 0 Å². The SMILES string of the molecule is CCCCC(C)CCC(CCCC)C(CC)CCC. The topological polar surface area (TPSA) is 0 Å². The molecule has 0 aromatic heterocycles. The normalized spacial score (nSPS) is 16.3. The Morgan fingerprint density at radius 3 is 1.74 bits per heavy atom. The summed E-state index contributed by atoms with van der Waals surface area (Å²) in [4.78, 5) is 0. The molecule has 0 aliphatic rings. The second-order valence-corrected chi connectivity index (χ2v) is 6.68. The van der Waals surface area contributed by atoms with Crippen molar-refractivity contribution < 1.29 is 0 Å². The molecule has 0 aromatic rings. The Kier molecular flexibility index (Phi) is 13.0. The molecular formula is C19H40. The zero-order chi connectivity index (χ0) is 14.5. The van der Waals surface area contributed by atoms with E-state index in [1.165, 1.54) is 70.6 Å². The minimum atomic E-state index is 0.947. The molecule has 0 N–H and O–H groups in total. The summed E-state index contributed by atoms with van der Waals surface area (Å²) in [6.45, 7) is 11.9. The molecule has 116 valence electrons. The highest BCUT2D eigenvalue weighted by Gasteiger charge is 2.19. The maximum absolute atomic E-state index is 2.47. The minimum Gasteiger partial charge on any atom is -0.0654 e. The molecule has 0 nitrogen and oxygen atoms in total. The number of hydrogen-bond donors (Lipinski definition) is 0. The van der Waals surface area contributed by atoms with Crippen LogP contribution in [0, 0.1) is 17.8 Å². The highest BCUT2D eigenvalue weighted by Crippen LogP contribution is 2.31. The van der Waals surface area contributed by atoms with E-state index < -0.39 is 0 Å². The second-order valence-electron chi connectivity index (χ2n) is 6.68. The van der Waals surface area contributed by atoms with Crippen LogP contribution in [0.1, 0.15) is 105 Å². The van der Waals surface area contributed by atoms with E-state index in [0.29, 0.717) is 0 Å². The lowest BCUT2D eigenvalue weighted by Crippen LogP contribution is -2.15. The molecule has 0 amide bonds. The van der Waals surface area contributed by atoms with Crippen molar-refractivity contribution in [1.29, 1.82) is 0 Å². The summed E-state index contributed by atoms with van der Waals surface area (Å²) in [7, 11) is 0. The first kappa shape index (κ1) is 19.0. The monoisotopic (exact) mass is 268 g/mol. The van der Waals surface area contributed by atoms with Gasteiger partial charge >= 0.3 is 0 Å². The van der Waals surface area contributed by atoms with Gasteiger partial charge in [0.05, 0.1) is 0 Å². The molecule has 0 saturated carbocycles. The molecule has 0 heteroatoms. The van der Waals surface area contributed by atoms with Crippen LogP contribution in [0.25, 0.3) is 0 Å². The summed E-state index contributed by atoms with van der Waals surface area (Å²) < 4.78 is 0. The van der Waals surface area contributed by atoms with Crippen molar-refractivity contribution >= 4 is 0 Å². The van der Waals surface area contributed by atoms with Gasteiger partial charge in [0.25, 0.3) is 0 Å². The highest BCUT2D eigenvalue weighted by atomic mass is 14.2. The van der Waals surface area contributed by atoms with Gasteiger partial charge in [0.15, 0.2) is 0 Å². The smallest absolute Gasteiger partial charge is 0.0386 e. The van der Waals surface area contributed by atoms with Crippen LogP contribution in [0.2, 0.25) is 0 Å². The summed E-state index contributed by atoms with van der Waals surface area (Å²) in [5, 5.41) is 0. The number of rotatable bonds is 13. The molecular weight excluding hydrogens is 228 g/mol. The van der Waals surface area contributed by atoms with Crippen LogP contribution in [0.15, 0.2) is 0 Å². The van der Waals surface area contributed by atoms with Crippen molar-refractivity contribution in [2.24, 2.45) is 17.8 Å². The lowest BCUT2D eigenvalue weighted by molar-refractivity contribution is 0.243. The molecule has 3 unspecified atom stereocenters. The summed E-state index contributed by atoms with van der Waals surface area (Å²) >= 11 is 0. The van der Waals surface area contributed by atoms with Gasteiger partial charge in [0, 0.05) is 0 Å². The van der Waals surface area contributed by atoms with Crippen molar-refractivity contribution in [3.05, 3.63) is 0 Å². The number of hydrogen-bond acceptors (Lipinski definition) is 0. The van der Waals surface area contributed by atoms with Crippen LogP contribution >= 0.6 is 0 Å². The summed E-state index contributed by atoms with van der Waals surface area (Å²) in [5.41, 5.74) is 0. The predicted molar refractivity (Wildman–Crippen MR) is 89.6 cm³/mol. The lowest BCUT2D eigenvalue weighted by atomic mass is 9.79. The Balaban J connectivity index is 4.16. The average Bonchev–Trinajstić information content (AvgIpc) is 2.43. The Morgan fingerprint density at radius 2 is 1.21 bits per heavy atom. The van der Waals surface area contributed by atoms with Crippen LogP contribution in [-0.2, 0) is 0 Å². The zero-order valence-electron chi connectivity index (χ0n) is 14.5. The molecule has 0 radical (unpaired) electrons. The predicted octanol–water partition coefficient (Wildman–Crippen LogP) is 7.23. The van der Waals surface area contributed by atoms with Gasteiger partial charge < -0.3 is 0 Å². The Morgan fingerprint density at radius 1 is 0.579 bits per heavy atom. The molecule has 0 aromatic carbocycles. The summed E-state index contributed by atoms with van der Waals surface area (Å²) in [6.07, 6.45) is 15.7. The molecule has 0 aliphatic carbocycles. The van der Waals surface area contributed by atoms with Crippen molar-refractivity contribution in [3.8, 4) is 0 Å². The van der Waals surface area contributed by atoms with Crippen LogP contribution < -0.4 is 0 Å². The maximum atomic E-state index is 2.47. The quantitative estimate of drug-likeness (QED) is 0.330. The van der Waals surface area contributed by atoms with E-state index >= 15 is 0 Å². The van der Waals surface area contributed by atoms with Crippen LogP contribution in [-0.4, -0.2) is 0 Å². The van der Waals surface area contributed by atoms with E-state index in [0.717, 1.165) is 17.8 Å². The fourth-order valence-corrected chi connectivity index (χ4v) is 3.42. The summed E-state index contributed by atoms with van der Waals surface area (Å²) in [6, 6.07) is 0. The van der Waals surface area contributed by atoms with Gasteiger partial charge in [-0.2, -0.15) is 0 Å². The zero-order valence-corrected chi connectivity index (χ0v) is 14.5. The van der Waals surface area contributed by atoms with Gasteiger partial charge in [-0.1, -0.05) is 98.8 Å². The third-order valence-electron chi connectivity index (χ3n) is 4.86. The van der Waals surface area contributed by atoms with Gasteiger partial charge in [-0.25, -0.2) is 0 Å². The minimum absolute atomic E-state index is 0.947. The van der Waals surface area contributed by atoms with Crippen molar-refractivity contribution in [2.45, 2.75) is 105 Å². The van der Waals surface area contributed by atoms with E-state index in [1.54, 1.807) is 0 Å². The molecule has 0 bridgehead atoms. The lowest BCUT2D eigenvalue weighted by Gasteiger charge is -2.27. The van der Waals surface area contributed by atoms with Gasteiger partial charge in [0.2, 0.25) is 0 Å². The molecule has 0 saturated heterocycles. The van der Waals surface area contributed by atoms with E-state index in [9.17, 15) is 0 Å². The largest absolute Gasteiger partial charge is 0.0654 e. The fraction of sp³-hybridized carbons (Fsp3) is 1.00. The molecule has 0 heterocycles. The molecule has 0 fully saturated rings. The molecule has 0 rings (SSSR count). The summed E-state index contributed by atoms with van der Waals surface area (Å²) in [5.74, 6) is 2.95. The van der Waals surface area contributed by atoms with Crippen molar-refractivity contribution in [3.63, 3.8) is 0 Å². The number of unbranched alkanes of at least 4 members (excludes halogenated alkanes) is 2.